The molecule has 170 valence electrons. The first-order valence-electron chi connectivity index (χ1n) is 11.9. The van der Waals surface area contributed by atoms with E-state index >= 15 is 0 Å². The fraction of sp³-hybridized carbons (Fsp3) is 0.481. The number of rotatable bonds is 7. The molecule has 4 nitrogen and oxygen atoms in total. The Bertz CT molecular complexity index is 955. The lowest BCUT2D eigenvalue weighted by Gasteiger charge is -2.33. The number of carbonyl (C=O) groups is 2. The highest BCUT2D eigenvalue weighted by atomic mass is 35.5. The SMILES string of the molecule is CCc1cccc(Cl)c1CC1(C(=O)NCc2ccccc2)CCN(C2CCCCC2)C1=O. The van der Waals surface area contributed by atoms with E-state index in [9.17, 15) is 9.59 Å². The Hall–Kier alpha value is -2.33. The third-order valence-corrected chi connectivity index (χ3v) is 7.63. The van der Waals surface area contributed by atoms with E-state index in [1.54, 1.807) is 0 Å². The summed E-state index contributed by atoms with van der Waals surface area (Å²) in [5.74, 6) is -0.191. The van der Waals surface area contributed by atoms with Crippen LogP contribution >= 0.6 is 11.6 Å². The second-order valence-electron chi connectivity index (χ2n) is 9.20. The molecule has 0 radical (unpaired) electrons. The van der Waals surface area contributed by atoms with Crippen molar-refractivity contribution in [1.29, 1.82) is 0 Å². The number of carbonyl (C=O) groups excluding carboxylic acids is 2. The maximum atomic E-state index is 13.9. The molecule has 1 unspecified atom stereocenters. The molecular formula is C27H33ClN2O2. The highest BCUT2D eigenvalue weighted by Gasteiger charge is 2.54. The molecule has 2 fully saturated rings. The Morgan fingerprint density at radius 2 is 1.84 bits per heavy atom. The minimum atomic E-state index is -1.10. The summed E-state index contributed by atoms with van der Waals surface area (Å²) < 4.78 is 0. The number of halogens is 1. The Morgan fingerprint density at radius 3 is 2.56 bits per heavy atom. The molecule has 1 atom stereocenters. The third-order valence-electron chi connectivity index (χ3n) is 7.27. The highest BCUT2D eigenvalue weighted by Crippen LogP contribution is 2.41. The Morgan fingerprint density at radius 1 is 1.09 bits per heavy atom. The van der Waals surface area contributed by atoms with Gasteiger partial charge < -0.3 is 10.2 Å². The van der Waals surface area contributed by atoms with E-state index in [2.05, 4.69) is 18.3 Å². The van der Waals surface area contributed by atoms with Crippen LogP contribution in [0.3, 0.4) is 0 Å². The van der Waals surface area contributed by atoms with Gasteiger partial charge in [0.1, 0.15) is 5.41 Å². The van der Waals surface area contributed by atoms with E-state index < -0.39 is 5.41 Å². The van der Waals surface area contributed by atoms with Crippen LogP contribution in [-0.2, 0) is 29.0 Å². The second-order valence-corrected chi connectivity index (χ2v) is 9.61. The van der Waals surface area contributed by atoms with Gasteiger partial charge in [-0.1, -0.05) is 80.3 Å². The van der Waals surface area contributed by atoms with Crippen LogP contribution in [0.25, 0.3) is 0 Å². The van der Waals surface area contributed by atoms with E-state index in [1.165, 1.54) is 6.42 Å². The molecule has 5 heteroatoms. The van der Waals surface area contributed by atoms with Crippen molar-refractivity contribution in [3.05, 3.63) is 70.2 Å². The lowest BCUT2D eigenvalue weighted by atomic mass is 9.77. The Kier molecular flexibility index (Phi) is 7.20. The summed E-state index contributed by atoms with van der Waals surface area (Å²) in [5, 5.41) is 3.73. The molecule has 1 aliphatic carbocycles. The average molecular weight is 453 g/mol. The molecule has 0 bridgehead atoms. The van der Waals surface area contributed by atoms with E-state index in [-0.39, 0.29) is 17.9 Å². The Labute approximate surface area is 196 Å². The van der Waals surface area contributed by atoms with Crippen LogP contribution in [0, 0.1) is 5.41 Å². The maximum Gasteiger partial charge on any atom is 0.238 e. The van der Waals surface area contributed by atoms with E-state index in [1.807, 2.05) is 47.4 Å². The van der Waals surface area contributed by atoms with Gasteiger partial charge in [-0.15, -0.1) is 0 Å². The number of aryl methyl sites for hydroxylation is 1. The van der Waals surface area contributed by atoms with Crippen LogP contribution in [0.15, 0.2) is 48.5 Å². The summed E-state index contributed by atoms with van der Waals surface area (Å²) in [6.45, 7) is 3.15. The van der Waals surface area contributed by atoms with Crippen molar-refractivity contribution in [2.24, 2.45) is 5.41 Å². The molecule has 4 rings (SSSR count). The number of nitrogens with zero attached hydrogens (tertiary/aromatic N) is 1. The predicted octanol–water partition coefficient (Wildman–Crippen LogP) is 5.31. The molecule has 1 saturated carbocycles. The summed E-state index contributed by atoms with van der Waals surface area (Å²) >= 11 is 6.60. The fourth-order valence-electron chi connectivity index (χ4n) is 5.37. The second kappa shape index (κ2) is 10.1. The molecule has 2 aliphatic rings. The van der Waals surface area contributed by atoms with E-state index in [4.69, 9.17) is 11.6 Å². The number of likely N-dealkylation sites (tertiary alicyclic amines) is 1. The Balaban J connectivity index is 1.63. The van der Waals surface area contributed by atoms with Crippen molar-refractivity contribution in [3.8, 4) is 0 Å². The number of hydrogen-bond donors (Lipinski definition) is 1. The van der Waals surface area contributed by atoms with Crippen molar-refractivity contribution in [2.75, 3.05) is 6.54 Å². The normalized spacial score (nSPS) is 21.7. The van der Waals surface area contributed by atoms with Crippen LogP contribution in [0.4, 0.5) is 0 Å². The predicted molar refractivity (Wildman–Crippen MR) is 128 cm³/mol. The van der Waals surface area contributed by atoms with Crippen molar-refractivity contribution in [3.63, 3.8) is 0 Å². The quantitative estimate of drug-likeness (QED) is 0.578. The van der Waals surface area contributed by atoms with Crippen molar-refractivity contribution in [2.45, 2.75) is 70.9 Å². The van der Waals surface area contributed by atoms with Gasteiger partial charge in [-0.2, -0.15) is 0 Å². The zero-order chi connectivity index (χ0) is 22.6. The van der Waals surface area contributed by atoms with E-state index in [0.29, 0.717) is 31.0 Å². The van der Waals surface area contributed by atoms with Crippen molar-refractivity contribution < 1.29 is 9.59 Å². The topological polar surface area (TPSA) is 49.4 Å². The number of benzene rings is 2. The monoisotopic (exact) mass is 452 g/mol. The van der Waals surface area contributed by atoms with Gasteiger partial charge in [-0.3, -0.25) is 9.59 Å². The first-order valence-corrected chi connectivity index (χ1v) is 12.3. The number of nitrogens with one attached hydrogen (secondary N) is 1. The van der Waals surface area contributed by atoms with Crippen molar-refractivity contribution in [1.82, 2.24) is 10.2 Å². The van der Waals surface area contributed by atoms with Crippen LogP contribution < -0.4 is 5.32 Å². The van der Waals surface area contributed by atoms with Gasteiger partial charge in [0.2, 0.25) is 11.8 Å². The lowest BCUT2D eigenvalue weighted by Crippen LogP contribution is -2.50. The van der Waals surface area contributed by atoms with Crippen LogP contribution in [0.5, 0.6) is 0 Å². The molecule has 1 aliphatic heterocycles. The molecule has 1 N–H and O–H groups in total. The standard InChI is InChI=1S/C27H33ClN2O2/c1-2-21-12-9-15-24(28)23(21)18-27(25(31)29-19-20-10-5-3-6-11-20)16-17-30(26(27)32)22-13-7-4-8-14-22/h3,5-6,9-12,15,22H,2,4,7-8,13-14,16-19H2,1H3,(H,29,31). The molecule has 2 aromatic rings. The van der Waals surface area contributed by atoms with Crippen LogP contribution in [-0.4, -0.2) is 29.3 Å². The van der Waals surface area contributed by atoms with Gasteiger partial charge in [-0.05, 0) is 54.9 Å². The van der Waals surface area contributed by atoms with Gasteiger partial charge in [0.15, 0.2) is 0 Å². The lowest BCUT2D eigenvalue weighted by molar-refractivity contribution is -0.146. The molecule has 1 saturated heterocycles. The first kappa shape index (κ1) is 22.8. The minimum Gasteiger partial charge on any atom is -0.351 e. The number of hydrogen-bond acceptors (Lipinski definition) is 2. The average Bonchev–Trinajstić information content (AvgIpc) is 3.17. The largest absolute Gasteiger partial charge is 0.351 e. The van der Waals surface area contributed by atoms with Gasteiger partial charge in [0, 0.05) is 24.2 Å². The summed E-state index contributed by atoms with van der Waals surface area (Å²) in [6.07, 6.45) is 7.35. The summed E-state index contributed by atoms with van der Waals surface area (Å²) in [6, 6.07) is 16.0. The molecule has 32 heavy (non-hydrogen) atoms. The van der Waals surface area contributed by atoms with Gasteiger partial charge >= 0.3 is 0 Å². The molecule has 2 amide bonds. The van der Waals surface area contributed by atoms with E-state index in [0.717, 1.165) is 48.8 Å². The third kappa shape index (κ3) is 4.56. The molecule has 1 heterocycles. The van der Waals surface area contributed by atoms with Crippen LogP contribution in [0.1, 0.15) is 62.1 Å². The maximum absolute atomic E-state index is 13.9. The zero-order valence-corrected chi connectivity index (χ0v) is 19.7. The van der Waals surface area contributed by atoms with Crippen LogP contribution in [0.2, 0.25) is 5.02 Å². The summed E-state index contributed by atoms with van der Waals surface area (Å²) in [4.78, 5) is 29.6. The number of amides is 2. The van der Waals surface area contributed by atoms with Crippen molar-refractivity contribution >= 4 is 23.4 Å². The van der Waals surface area contributed by atoms with Gasteiger partial charge in [0.25, 0.3) is 0 Å². The zero-order valence-electron chi connectivity index (χ0n) is 18.9. The minimum absolute atomic E-state index is 0.0167. The smallest absolute Gasteiger partial charge is 0.238 e. The first-order chi connectivity index (χ1) is 15.5. The van der Waals surface area contributed by atoms with Gasteiger partial charge in [-0.25, -0.2) is 0 Å². The summed E-state index contributed by atoms with van der Waals surface area (Å²) in [7, 11) is 0. The fourth-order valence-corrected chi connectivity index (χ4v) is 5.63. The summed E-state index contributed by atoms with van der Waals surface area (Å²) in [5.41, 5.74) is 1.97. The molecular weight excluding hydrogens is 420 g/mol. The molecule has 2 aromatic carbocycles. The van der Waals surface area contributed by atoms with Gasteiger partial charge in [0.05, 0.1) is 0 Å². The highest BCUT2D eigenvalue weighted by molar-refractivity contribution is 6.31. The molecule has 0 aromatic heterocycles. The molecule has 0 spiro atoms.